The van der Waals surface area contributed by atoms with E-state index in [-0.39, 0.29) is 5.92 Å². The Kier molecular flexibility index (Phi) is 3.61. The number of terminal acetylenes is 2. The second-order valence-corrected chi connectivity index (χ2v) is 3.84. The summed E-state index contributed by atoms with van der Waals surface area (Å²) in [7, 11) is 0. The van der Waals surface area contributed by atoms with Gasteiger partial charge in [-0.3, -0.25) is 0 Å². The molecule has 0 amide bonds. The Morgan fingerprint density at radius 1 is 1.29 bits per heavy atom. The van der Waals surface area contributed by atoms with E-state index in [4.69, 9.17) is 12.8 Å². The summed E-state index contributed by atoms with van der Waals surface area (Å²) in [5.74, 6) is 5.63. The Balaban J connectivity index is 3.01. The van der Waals surface area contributed by atoms with E-state index in [9.17, 15) is 0 Å². The molecule has 1 aliphatic carbocycles. The van der Waals surface area contributed by atoms with Crippen LogP contribution in [0.15, 0.2) is 22.8 Å². The Morgan fingerprint density at radius 2 is 2.00 bits per heavy atom. The highest BCUT2D eigenvalue weighted by Gasteiger charge is 2.13. The van der Waals surface area contributed by atoms with E-state index in [1.54, 1.807) is 0 Å². The van der Waals surface area contributed by atoms with E-state index in [0.29, 0.717) is 0 Å². The molecule has 0 aromatic heterocycles. The standard InChI is InChI=1S/C14H16/c1-5-13-10-8-11(3)7-9-12(4)14(13)6-2/h1-2,8,13H,7,9-10H2,3-4H3. The zero-order valence-corrected chi connectivity index (χ0v) is 8.93. The maximum atomic E-state index is 5.49. The van der Waals surface area contributed by atoms with Crippen LogP contribution in [0.3, 0.4) is 0 Å². The van der Waals surface area contributed by atoms with Gasteiger partial charge in [-0.15, -0.1) is 12.8 Å². The average Bonchev–Trinajstić information content (AvgIpc) is 2.18. The average molecular weight is 184 g/mol. The second-order valence-electron chi connectivity index (χ2n) is 3.84. The monoisotopic (exact) mass is 184 g/mol. The first-order valence-electron chi connectivity index (χ1n) is 4.97. The highest BCUT2D eigenvalue weighted by molar-refractivity contribution is 5.38. The fourth-order valence-corrected chi connectivity index (χ4v) is 1.73. The van der Waals surface area contributed by atoms with Crippen molar-refractivity contribution < 1.29 is 0 Å². The molecule has 1 atom stereocenters. The lowest BCUT2D eigenvalue weighted by Gasteiger charge is -2.16. The quantitative estimate of drug-likeness (QED) is 0.400. The van der Waals surface area contributed by atoms with E-state index in [1.165, 1.54) is 11.1 Å². The lowest BCUT2D eigenvalue weighted by molar-refractivity contribution is 0.766. The summed E-state index contributed by atoms with van der Waals surface area (Å²) in [5.41, 5.74) is 3.72. The Hall–Kier alpha value is -1.40. The van der Waals surface area contributed by atoms with Crippen LogP contribution in [0.1, 0.15) is 33.1 Å². The van der Waals surface area contributed by atoms with Gasteiger partial charge < -0.3 is 0 Å². The van der Waals surface area contributed by atoms with Crippen LogP contribution in [-0.2, 0) is 0 Å². The van der Waals surface area contributed by atoms with Crippen LogP contribution >= 0.6 is 0 Å². The number of allylic oxidation sites excluding steroid dienone is 4. The summed E-state index contributed by atoms with van der Waals surface area (Å²) in [6.07, 6.45) is 16.2. The highest BCUT2D eigenvalue weighted by atomic mass is 14.2. The summed E-state index contributed by atoms with van der Waals surface area (Å²) >= 11 is 0. The van der Waals surface area contributed by atoms with Crippen molar-refractivity contribution in [1.29, 1.82) is 0 Å². The molecule has 1 unspecified atom stereocenters. The lowest BCUT2D eigenvalue weighted by atomic mass is 9.87. The first kappa shape index (κ1) is 10.7. The summed E-state index contributed by atoms with van der Waals surface area (Å²) < 4.78 is 0. The lowest BCUT2D eigenvalue weighted by Crippen LogP contribution is -2.04. The Bertz CT molecular complexity index is 352. The van der Waals surface area contributed by atoms with Gasteiger partial charge in [-0.25, -0.2) is 0 Å². The molecule has 0 fully saturated rings. The van der Waals surface area contributed by atoms with Crippen molar-refractivity contribution in [1.82, 2.24) is 0 Å². The molecule has 0 saturated carbocycles. The topological polar surface area (TPSA) is 0 Å². The van der Waals surface area contributed by atoms with Crippen LogP contribution in [0.2, 0.25) is 0 Å². The molecule has 0 aliphatic heterocycles. The van der Waals surface area contributed by atoms with Gasteiger partial charge in [0.2, 0.25) is 0 Å². The molecular weight excluding hydrogens is 168 g/mol. The Morgan fingerprint density at radius 3 is 2.57 bits per heavy atom. The van der Waals surface area contributed by atoms with Gasteiger partial charge in [0.05, 0.1) is 5.92 Å². The fourth-order valence-electron chi connectivity index (χ4n) is 1.73. The maximum absolute atomic E-state index is 5.49. The number of rotatable bonds is 0. The second kappa shape index (κ2) is 4.73. The SMILES string of the molecule is C#CC1=C(C)CCC(C)=CCC1C#C. The number of hydrogen-bond donors (Lipinski definition) is 0. The molecule has 0 nitrogen and oxygen atoms in total. The van der Waals surface area contributed by atoms with Crippen LogP contribution in [0.5, 0.6) is 0 Å². The molecule has 0 aromatic carbocycles. The van der Waals surface area contributed by atoms with Gasteiger partial charge in [0, 0.05) is 5.57 Å². The molecule has 1 rings (SSSR count). The summed E-state index contributed by atoms with van der Waals surface area (Å²) in [5, 5.41) is 0. The van der Waals surface area contributed by atoms with Crippen molar-refractivity contribution in [3.05, 3.63) is 22.8 Å². The molecular formula is C14H16. The molecule has 0 radical (unpaired) electrons. The summed E-state index contributed by atoms with van der Waals surface area (Å²) in [6.45, 7) is 4.25. The van der Waals surface area contributed by atoms with Gasteiger partial charge in [-0.1, -0.05) is 29.1 Å². The first-order chi connectivity index (χ1) is 6.69. The largest absolute Gasteiger partial charge is 0.119 e. The van der Waals surface area contributed by atoms with E-state index in [1.807, 2.05) is 0 Å². The van der Waals surface area contributed by atoms with Crippen LogP contribution in [0.25, 0.3) is 0 Å². The minimum Gasteiger partial charge on any atom is -0.119 e. The van der Waals surface area contributed by atoms with Crippen molar-refractivity contribution in [2.75, 3.05) is 0 Å². The van der Waals surface area contributed by atoms with Gasteiger partial charge in [0.25, 0.3) is 0 Å². The van der Waals surface area contributed by atoms with Gasteiger partial charge in [0.15, 0.2) is 0 Å². The third-order valence-corrected chi connectivity index (χ3v) is 2.76. The zero-order valence-electron chi connectivity index (χ0n) is 8.93. The highest BCUT2D eigenvalue weighted by Crippen LogP contribution is 2.26. The molecule has 0 spiro atoms. The Labute approximate surface area is 87.1 Å². The summed E-state index contributed by atoms with van der Waals surface area (Å²) in [4.78, 5) is 0. The van der Waals surface area contributed by atoms with Gasteiger partial charge in [0.1, 0.15) is 0 Å². The maximum Gasteiger partial charge on any atom is 0.0562 e. The first-order valence-corrected chi connectivity index (χ1v) is 4.97. The van der Waals surface area contributed by atoms with Crippen LogP contribution in [-0.4, -0.2) is 0 Å². The molecule has 72 valence electrons. The van der Waals surface area contributed by atoms with Crippen molar-refractivity contribution in [3.8, 4) is 24.7 Å². The van der Waals surface area contributed by atoms with E-state index >= 15 is 0 Å². The van der Waals surface area contributed by atoms with E-state index in [2.05, 4.69) is 31.8 Å². The smallest absolute Gasteiger partial charge is 0.0562 e. The van der Waals surface area contributed by atoms with Crippen molar-refractivity contribution in [3.63, 3.8) is 0 Å². The number of hydrogen-bond acceptors (Lipinski definition) is 0. The normalized spacial score (nSPS) is 22.9. The van der Waals surface area contributed by atoms with E-state index in [0.717, 1.165) is 24.8 Å². The van der Waals surface area contributed by atoms with Crippen LogP contribution in [0.4, 0.5) is 0 Å². The molecule has 0 heterocycles. The molecule has 0 saturated heterocycles. The van der Waals surface area contributed by atoms with Gasteiger partial charge in [-0.05, 0) is 33.1 Å². The predicted octanol–water partition coefficient (Wildman–Crippen LogP) is 3.32. The zero-order chi connectivity index (χ0) is 10.6. The minimum absolute atomic E-state index is 0.107. The van der Waals surface area contributed by atoms with Crippen molar-refractivity contribution in [2.45, 2.75) is 33.1 Å². The van der Waals surface area contributed by atoms with Gasteiger partial charge in [-0.2, -0.15) is 0 Å². The van der Waals surface area contributed by atoms with Gasteiger partial charge >= 0.3 is 0 Å². The van der Waals surface area contributed by atoms with E-state index < -0.39 is 0 Å². The third kappa shape index (κ3) is 2.30. The fraction of sp³-hybridized carbons (Fsp3) is 0.429. The van der Waals surface area contributed by atoms with Crippen molar-refractivity contribution in [2.24, 2.45) is 5.92 Å². The summed E-state index contributed by atoms with van der Waals surface area (Å²) in [6, 6.07) is 0. The molecule has 0 heteroatoms. The van der Waals surface area contributed by atoms with Crippen LogP contribution < -0.4 is 0 Å². The minimum atomic E-state index is 0.107. The molecule has 0 bridgehead atoms. The molecule has 1 aliphatic rings. The third-order valence-electron chi connectivity index (χ3n) is 2.76. The predicted molar refractivity (Wildman–Crippen MR) is 61.5 cm³/mol. The molecule has 14 heavy (non-hydrogen) atoms. The van der Waals surface area contributed by atoms with Crippen LogP contribution in [0, 0.1) is 30.6 Å². The molecule has 0 aromatic rings. The molecule has 0 N–H and O–H groups in total. The van der Waals surface area contributed by atoms with Crippen molar-refractivity contribution >= 4 is 0 Å².